The Hall–Kier alpha value is -0.830. The Balaban J connectivity index is 1.13. The molecule has 3 nitrogen and oxygen atoms in total. The van der Waals surface area contributed by atoms with Gasteiger partial charge in [0.2, 0.25) is 0 Å². The molecule has 0 heterocycles. The number of ether oxygens (including phenoxy) is 1. The third-order valence-corrected chi connectivity index (χ3v) is 17.4. The van der Waals surface area contributed by atoms with Crippen molar-refractivity contribution in [1.82, 2.24) is 0 Å². The van der Waals surface area contributed by atoms with E-state index in [4.69, 9.17) is 4.74 Å². The Morgan fingerprint density at radius 1 is 0.735 bits per heavy atom. The number of carbonyl (C=O) groups is 1. The number of hydrogen-bond donors (Lipinski definition) is 1. The van der Waals surface area contributed by atoms with Crippen molar-refractivity contribution in [2.45, 2.75) is 215 Å². The average Bonchev–Trinajstić information content (AvgIpc) is 3.04. The van der Waals surface area contributed by atoms with E-state index in [2.05, 4.69) is 62.0 Å². The van der Waals surface area contributed by atoms with Crippen molar-refractivity contribution in [3.8, 4) is 0 Å². The molecule has 11 unspecified atom stereocenters. The maximum Gasteiger partial charge on any atom is 0.306 e. The lowest BCUT2D eigenvalue weighted by atomic mass is 9.31. The topological polar surface area (TPSA) is 46.5 Å². The number of aliphatic hydroxyl groups is 1. The molecule has 3 heteroatoms. The minimum Gasteiger partial charge on any atom is -0.462 e. The molecule has 0 aromatic rings. The fourth-order valence-electron chi connectivity index (χ4n) is 14.1. The van der Waals surface area contributed by atoms with E-state index in [0.29, 0.717) is 36.0 Å². The highest BCUT2D eigenvalue weighted by Gasteiger charge is 2.71. The molecular weight excluding hydrogens is 601 g/mol. The monoisotopic (exact) mass is 681 g/mol. The van der Waals surface area contributed by atoms with E-state index < -0.39 is 0 Å². The van der Waals surface area contributed by atoms with Gasteiger partial charge >= 0.3 is 5.97 Å². The van der Waals surface area contributed by atoms with Crippen LogP contribution in [0.15, 0.2) is 12.2 Å². The minimum atomic E-state index is -0.225. The van der Waals surface area contributed by atoms with Gasteiger partial charge in [-0.25, -0.2) is 0 Å². The van der Waals surface area contributed by atoms with Crippen molar-refractivity contribution in [2.75, 3.05) is 0 Å². The van der Waals surface area contributed by atoms with Crippen LogP contribution in [0.3, 0.4) is 0 Å². The Labute approximate surface area is 304 Å². The lowest BCUT2D eigenvalue weighted by Crippen LogP contribution is -2.69. The zero-order valence-corrected chi connectivity index (χ0v) is 33.8. The van der Waals surface area contributed by atoms with Crippen molar-refractivity contribution >= 4 is 5.97 Å². The molecule has 5 aliphatic rings. The number of esters is 1. The summed E-state index contributed by atoms with van der Waals surface area (Å²) in [7, 11) is 0. The maximum absolute atomic E-state index is 13.2. The predicted octanol–water partition coefficient (Wildman–Crippen LogP) is 13.0. The minimum absolute atomic E-state index is 0.0159. The summed E-state index contributed by atoms with van der Waals surface area (Å²) in [5, 5.41) is 12.0. The van der Waals surface area contributed by atoms with Crippen LogP contribution in [0.2, 0.25) is 0 Å². The third kappa shape index (κ3) is 7.26. The van der Waals surface area contributed by atoms with Crippen molar-refractivity contribution in [3.63, 3.8) is 0 Å². The summed E-state index contributed by atoms with van der Waals surface area (Å²) in [5.74, 6) is 2.94. The van der Waals surface area contributed by atoms with E-state index in [1.165, 1.54) is 102 Å². The summed E-state index contributed by atoms with van der Waals surface area (Å²) in [6.45, 7) is 24.4. The van der Waals surface area contributed by atoms with Gasteiger partial charge in [0.1, 0.15) is 6.10 Å². The van der Waals surface area contributed by atoms with Gasteiger partial charge in [0, 0.05) is 11.8 Å². The molecule has 11 atom stereocenters. The number of unbranched alkanes of at least 4 members (excludes halogenated alkanes) is 12. The van der Waals surface area contributed by atoms with Crippen LogP contribution in [0.4, 0.5) is 0 Å². The zero-order valence-electron chi connectivity index (χ0n) is 33.8. The van der Waals surface area contributed by atoms with Crippen molar-refractivity contribution in [2.24, 2.45) is 56.7 Å². The molecule has 0 amide bonds. The first-order chi connectivity index (χ1) is 23.2. The molecule has 5 rings (SSSR count). The molecule has 49 heavy (non-hydrogen) atoms. The first-order valence-electron chi connectivity index (χ1n) is 21.7. The van der Waals surface area contributed by atoms with E-state index in [1.807, 2.05) is 0 Å². The molecule has 0 aromatic heterocycles. The molecule has 5 aliphatic carbocycles. The first-order valence-corrected chi connectivity index (χ1v) is 21.7. The molecule has 0 radical (unpaired) electrons. The molecule has 0 saturated heterocycles. The summed E-state index contributed by atoms with van der Waals surface area (Å²) in [5.41, 5.74) is 2.03. The quantitative estimate of drug-likeness (QED) is 0.106. The number of aliphatic hydroxyl groups excluding tert-OH is 1. The maximum atomic E-state index is 13.2. The van der Waals surface area contributed by atoms with E-state index in [9.17, 15) is 9.90 Å². The van der Waals surface area contributed by atoms with Gasteiger partial charge in [0.25, 0.3) is 0 Å². The SMILES string of the molecule is C=C1CCC2(C)C(O)CC3(C)C(CCC4C5(C)CCC(OC(=O)CCCCCCCCCCCCCCC)C(C)(C)C5CCC43C)C2C1C. The number of rotatable bonds is 15. The standard InChI is InChI=1S/C46H80O3/c1-10-11-12-13-14-15-16-17-18-19-20-21-22-23-40(48)49-39-28-30-43(6)36(42(39,4)5)27-31-45(8)37(43)25-24-35-41-34(3)33(2)26-29-44(41,7)38(47)32-46(35,45)9/h34-39,41,47H,2,10-32H2,1,3-9H3. The van der Waals surface area contributed by atoms with Crippen LogP contribution in [-0.2, 0) is 9.53 Å². The van der Waals surface area contributed by atoms with Crippen molar-refractivity contribution < 1.29 is 14.6 Å². The van der Waals surface area contributed by atoms with Gasteiger partial charge < -0.3 is 9.84 Å². The van der Waals surface area contributed by atoms with Crippen LogP contribution < -0.4 is 0 Å². The highest BCUT2D eigenvalue weighted by molar-refractivity contribution is 5.69. The van der Waals surface area contributed by atoms with Gasteiger partial charge in [-0.2, -0.15) is 0 Å². The largest absolute Gasteiger partial charge is 0.462 e. The van der Waals surface area contributed by atoms with Crippen LogP contribution in [0, 0.1) is 56.7 Å². The van der Waals surface area contributed by atoms with Gasteiger partial charge in [-0.05, 0) is 115 Å². The predicted molar refractivity (Wildman–Crippen MR) is 206 cm³/mol. The third-order valence-electron chi connectivity index (χ3n) is 17.4. The summed E-state index contributed by atoms with van der Waals surface area (Å²) in [4.78, 5) is 13.2. The van der Waals surface area contributed by atoms with Crippen LogP contribution >= 0.6 is 0 Å². The van der Waals surface area contributed by atoms with E-state index in [0.717, 1.165) is 44.9 Å². The molecular formula is C46H80O3. The van der Waals surface area contributed by atoms with Crippen LogP contribution in [0.1, 0.15) is 203 Å². The lowest BCUT2D eigenvalue weighted by molar-refractivity contribution is -0.270. The molecule has 0 aromatic carbocycles. The van der Waals surface area contributed by atoms with Gasteiger partial charge in [-0.1, -0.05) is 145 Å². The fourth-order valence-corrected chi connectivity index (χ4v) is 14.1. The average molecular weight is 681 g/mol. The van der Waals surface area contributed by atoms with Crippen LogP contribution in [0.25, 0.3) is 0 Å². The second kappa shape index (κ2) is 15.6. The molecule has 5 saturated carbocycles. The van der Waals surface area contributed by atoms with E-state index in [1.54, 1.807) is 0 Å². The Morgan fingerprint density at radius 3 is 1.94 bits per heavy atom. The van der Waals surface area contributed by atoms with Gasteiger partial charge in [-0.15, -0.1) is 0 Å². The summed E-state index contributed by atoms with van der Waals surface area (Å²) < 4.78 is 6.40. The number of hydrogen-bond acceptors (Lipinski definition) is 3. The van der Waals surface area contributed by atoms with Crippen molar-refractivity contribution in [3.05, 3.63) is 12.2 Å². The van der Waals surface area contributed by atoms with E-state index in [-0.39, 0.29) is 45.3 Å². The van der Waals surface area contributed by atoms with Gasteiger partial charge in [0.15, 0.2) is 0 Å². The van der Waals surface area contributed by atoms with Crippen molar-refractivity contribution in [1.29, 1.82) is 0 Å². The fraction of sp³-hybridized carbons (Fsp3) is 0.935. The Bertz CT molecular complexity index is 1130. The highest BCUT2D eigenvalue weighted by Crippen LogP contribution is 2.77. The van der Waals surface area contributed by atoms with E-state index >= 15 is 0 Å². The van der Waals surface area contributed by atoms with Crippen LogP contribution in [0.5, 0.6) is 0 Å². The number of fused-ring (bicyclic) bond motifs is 7. The Morgan fingerprint density at radius 2 is 1.33 bits per heavy atom. The molecule has 1 N–H and O–H groups in total. The second-order valence-corrected chi connectivity index (χ2v) is 20.2. The Kier molecular flexibility index (Phi) is 12.6. The highest BCUT2D eigenvalue weighted by atomic mass is 16.5. The molecule has 0 spiro atoms. The lowest BCUT2D eigenvalue weighted by Gasteiger charge is -2.74. The summed E-state index contributed by atoms with van der Waals surface area (Å²) in [6.07, 6.45) is 28.0. The molecule has 5 fully saturated rings. The van der Waals surface area contributed by atoms with Crippen LogP contribution in [-0.4, -0.2) is 23.3 Å². The smallest absolute Gasteiger partial charge is 0.306 e. The molecule has 0 bridgehead atoms. The summed E-state index contributed by atoms with van der Waals surface area (Å²) in [6, 6.07) is 0. The van der Waals surface area contributed by atoms with Gasteiger partial charge in [0.05, 0.1) is 6.10 Å². The molecule has 282 valence electrons. The molecule has 0 aliphatic heterocycles. The van der Waals surface area contributed by atoms with Gasteiger partial charge in [-0.3, -0.25) is 4.79 Å². The number of carbonyl (C=O) groups excluding carboxylic acids is 1. The second-order valence-electron chi connectivity index (χ2n) is 20.2. The first kappa shape index (κ1) is 39.4. The number of allylic oxidation sites excluding steroid dienone is 1. The zero-order chi connectivity index (χ0) is 35.7. The summed E-state index contributed by atoms with van der Waals surface area (Å²) >= 11 is 0. The normalized spacial score (nSPS) is 42.8.